The van der Waals surface area contributed by atoms with E-state index in [1.54, 1.807) is 6.20 Å². The summed E-state index contributed by atoms with van der Waals surface area (Å²) in [5, 5.41) is 1.01. The number of rotatable bonds is 4. The standard InChI is InChI=1S/C18H18N2O/c1-13-7-9-14(10-8-13)18(12-19)21-17-6-2-5-16-15(17)4-3-11-20-16/h2-11,18H,12,19H2,1H3. The maximum absolute atomic E-state index is 6.14. The predicted octanol–water partition coefficient (Wildman–Crippen LogP) is 3.62. The molecular formula is C18H18N2O. The Bertz CT molecular complexity index is 732. The number of pyridine rings is 1. The first-order valence-electron chi connectivity index (χ1n) is 7.05. The first-order chi connectivity index (χ1) is 10.3. The lowest BCUT2D eigenvalue weighted by Gasteiger charge is -2.19. The van der Waals surface area contributed by atoms with Crippen LogP contribution in [0.1, 0.15) is 17.2 Å². The molecule has 3 heteroatoms. The van der Waals surface area contributed by atoms with E-state index in [1.807, 2.05) is 30.3 Å². The summed E-state index contributed by atoms with van der Waals surface area (Å²) in [6.45, 7) is 2.50. The summed E-state index contributed by atoms with van der Waals surface area (Å²) in [7, 11) is 0. The molecule has 1 heterocycles. The van der Waals surface area contributed by atoms with Crippen molar-refractivity contribution in [1.82, 2.24) is 4.98 Å². The molecule has 0 aliphatic carbocycles. The van der Waals surface area contributed by atoms with Crippen LogP contribution < -0.4 is 10.5 Å². The van der Waals surface area contributed by atoms with Crippen LogP contribution in [0, 0.1) is 6.92 Å². The quantitative estimate of drug-likeness (QED) is 0.793. The second kappa shape index (κ2) is 5.94. The molecule has 3 nitrogen and oxygen atoms in total. The number of fused-ring (bicyclic) bond motifs is 1. The number of nitrogens with two attached hydrogens (primary N) is 1. The van der Waals surface area contributed by atoms with E-state index in [0.29, 0.717) is 6.54 Å². The van der Waals surface area contributed by atoms with Crippen LogP contribution in [0.4, 0.5) is 0 Å². The van der Waals surface area contributed by atoms with Crippen LogP contribution in [0.15, 0.2) is 60.8 Å². The summed E-state index contributed by atoms with van der Waals surface area (Å²) >= 11 is 0. The van der Waals surface area contributed by atoms with Crippen molar-refractivity contribution < 1.29 is 4.74 Å². The van der Waals surface area contributed by atoms with Crippen LogP contribution in [0.5, 0.6) is 5.75 Å². The van der Waals surface area contributed by atoms with E-state index in [9.17, 15) is 0 Å². The Balaban J connectivity index is 1.94. The Hall–Kier alpha value is -2.39. The monoisotopic (exact) mass is 278 g/mol. The Morgan fingerprint density at radius 2 is 1.86 bits per heavy atom. The van der Waals surface area contributed by atoms with Crippen LogP contribution in [-0.2, 0) is 0 Å². The van der Waals surface area contributed by atoms with E-state index in [4.69, 9.17) is 10.5 Å². The van der Waals surface area contributed by atoms with Crippen molar-refractivity contribution in [1.29, 1.82) is 0 Å². The van der Waals surface area contributed by atoms with Crippen LogP contribution >= 0.6 is 0 Å². The van der Waals surface area contributed by atoms with Gasteiger partial charge in [0.2, 0.25) is 0 Å². The largest absolute Gasteiger partial charge is 0.484 e. The van der Waals surface area contributed by atoms with Gasteiger partial charge in [-0.15, -0.1) is 0 Å². The molecule has 0 aliphatic heterocycles. The first-order valence-corrected chi connectivity index (χ1v) is 7.05. The van der Waals surface area contributed by atoms with Gasteiger partial charge in [-0.3, -0.25) is 4.98 Å². The highest BCUT2D eigenvalue weighted by Crippen LogP contribution is 2.28. The molecule has 2 aromatic carbocycles. The van der Waals surface area contributed by atoms with Crippen LogP contribution in [0.25, 0.3) is 10.9 Å². The van der Waals surface area contributed by atoms with Gasteiger partial charge in [-0.05, 0) is 36.8 Å². The van der Waals surface area contributed by atoms with E-state index in [-0.39, 0.29) is 6.10 Å². The average molecular weight is 278 g/mol. The van der Waals surface area contributed by atoms with Gasteiger partial charge >= 0.3 is 0 Å². The van der Waals surface area contributed by atoms with Crippen molar-refractivity contribution in [3.05, 3.63) is 71.9 Å². The molecule has 21 heavy (non-hydrogen) atoms. The summed E-state index contributed by atoms with van der Waals surface area (Å²) in [5.41, 5.74) is 9.13. The van der Waals surface area contributed by atoms with Gasteiger partial charge in [0.15, 0.2) is 0 Å². The third-order valence-corrected chi connectivity index (χ3v) is 3.54. The van der Waals surface area contributed by atoms with Gasteiger partial charge in [0.1, 0.15) is 11.9 Å². The molecule has 0 aliphatic rings. The number of nitrogens with zero attached hydrogens (tertiary/aromatic N) is 1. The number of hydrogen-bond donors (Lipinski definition) is 1. The molecule has 0 saturated carbocycles. The number of hydrogen-bond acceptors (Lipinski definition) is 3. The molecule has 0 bridgehead atoms. The molecule has 0 radical (unpaired) electrons. The lowest BCUT2D eigenvalue weighted by atomic mass is 10.1. The van der Waals surface area contributed by atoms with E-state index < -0.39 is 0 Å². The van der Waals surface area contributed by atoms with Crippen molar-refractivity contribution in [2.45, 2.75) is 13.0 Å². The number of aromatic nitrogens is 1. The molecule has 1 unspecified atom stereocenters. The smallest absolute Gasteiger partial charge is 0.136 e. The highest BCUT2D eigenvalue weighted by molar-refractivity contribution is 5.84. The highest BCUT2D eigenvalue weighted by Gasteiger charge is 2.13. The van der Waals surface area contributed by atoms with E-state index >= 15 is 0 Å². The maximum Gasteiger partial charge on any atom is 0.136 e. The minimum absolute atomic E-state index is 0.156. The summed E-state index contributed by atoms with van der Waals surface area (Å²) in [6.07, 6.45) is 1.63. The lowest BCUT2D eigenvalue weighted by molar-refractivity contribution is 0.217. The van der Waals surface area contributed by atoms with Gasteiger partial charge in [-0.1, -0.05) is 35.9 Å². The maximum atomic E-state index is 6.14. The Morgan fingerprint density at radius 3 is 2.62 bits per heavy atom. The van der Waals surface area contributed by atoms with Crippen LogP contribution in [-0.4, -0.2) is 11.5 Å². The minimum atomic E-state index is -0.156. The molecule has 106 valence electrons. The predicted molar refractivity (Wildman–Crippen MR) is 85.3 cm³/mol. The molecule has 0 spiro atoms. The molecule has 1 aromatic heterocycles. The van der Waals surface area contributed by atoms with Crippen molar-refractivity contribution in [2.24, 2.45) is 5.73 Å². The minimum Gasteiger partial charge on any atom is -0.484 e. The summed E-state index contributed by atoms with van der Waals surface area (Å²) < 4.78 is 6.14. The second-order valence-electron chi connectivity index (χ2n) is 5.08. The zero-order chi connectivity index (χ0) is 14.7. The fourth-order valence-corrected chi connectivity index (χ4v) is 2.36. The van der Waals surface area contributed by atoms with Crippen molar-refractivity contribution in [3.63, 3.8) is 0 Å². The fourth-order valence-electron chi connectivity index (χ4n) is 2.36. The molecule has 0 amide bonds. The molecule has 3 aromatic rings. The normalized spacial score (nSPS) is 12.3. The Kier molecular flexibility index (Phi) is 3.84. The Morgan fingerprint density at radius 1 is 1.05 bits per heavy atom. The lowest BCUT2D eigenvalue weighted by Crippen LogP contribution is -2.18. The summed E-state index contributed by atoms with van der Waals surface area (Å²) in [5.74, 6) is 0.816. The average Bonchev–Trinajstić information content (AvgIpc) is 2.54. The number of aryl methyl sites for hydroxylation is 1. The second-order valence-corrected chi connectivity index (χ2v) is 5.08. The van der Waals surface area contributed by atoms with Crippen molar-refractivity contribution in [2.75, 3.05) is 6.54 Å². The van der Waals surface area contributed by atoms with E-state index in [1.165, 1.54) is 5.56 Å². The first kappa shape index (κ1) is 13.6. The molecular weight excluding hydrogens is 260 g/mol. The van der Waals surface area contributed by atoms with Crippen LogP contribution in [0.2, 0.25) is 0 Å². The highest BCUT2D eigenvalue weighted by atomic mass is 16.5. The third kappa shape index (κ3) is 2.88. The molecule has 0 fully saturated rings. The van der Waals surface area contributed by atoms with Gasteiger partial charge in [0.05, 0.1) is 5.52 Å². The van der Waals surface area contributed by atoms with Crippen LogP contribution in [0.3, 0.4) is 0 Å². The van der Waals surface area contributed by atoms with Gasteiger partial charge in [0.25, 0.3) is 0 Å². The fraction of sp³-hybridized carbons (Fsp3) is 0.167. The van der Waals surface area contributed by atoms with Crippen molar-refractivity contribution in [3.8, 4) is 5.75 Å². The van der Waals surface area contributed by atoms with Gasteiger partial charge in [0, 0.05) is 18.1 Å². The van der Waals surface area contributed by atoms with Gasteiger partial charge in [-0.25, -0.2) is 0 Å². The molecule has 3 rings (SSSR count). The molecule has 2 N–H and O–H groups in total. The zero-order valence-electron chi connectivity index (χ0n) is 12.0. The molecule has 0 saturated heterocycles. The third-order valence-electron chi connectivity index (χ3n) is 3.54. The summed E-state index contributed by atoms with van der Waals surface area (Å²) in [6, 6.07) is 18.1. The number of ether oxygens (including phenoxy) is 1. The van der Waals surface area contributed by atoms with Crippen molar-refractivity contribution >= 4 is 10.9 Å². The van der Waals surface area contributed by atoms with Gasteiger partial charge in [-0.2, -0.15) is 0 Å². The Labute approximate surface area is 124 Å². The zero-order valence-corrected chi connectivity index (χ0v) is 12.0. The van der Waals surface area contributed by atoms with Gasteiger partial charge < -0.3 is 10.5 Å². The summed E-state index contributed by atoms with van der Waals surface area (Å²) in [4.78, 5) is 4.35. The number of benzene rings is 2. The molecule has 1 atom stereocenters. The topological polar surface area (TPSA) is 48.1 Å². The van der Waals surface area contributed by atoms with E-state index in [2.05, 4.69) is 36.2 Å². The van der Waals surface area contributed by atoms with E-state index in [0.717, 1.165) is 22.2 Å². The SMILES string of the molecule is Cc1ccc(C(CN)Oc2cccc3ncccc23)cc1.